The molecule has 0 bridgehead atoms. The lowest BCUT2D eigenvalue weighted by molar-refractivity contribution is 0.867. The maximum absolute atomic E-state index is 6.07. The van der Waals surface area contributed by atoms with Gasteiger partial charge in [0.2, 0.25) is 0 Å². The number of benzene rings is 2. The Morgan fingerprint density at radius 1 is 1.19 bits per heavy atom. The van der Waals surface area contributed by atoms with Crippen LogP contribution in [0.5, 0.6) is 0 Å². The SMILES string of the molecule is CC(C)c1cccc(NC(N)=NCc2ccccc2-n2ccnc2)c1.I. The number of aliphatic imine (C=N–C) groups is 1. The zero-order chi connectivity index (χ0) is 17.6. The van der Waals surface area contributed by atoms with Gasteiger partial charge in [0.05, 0.1) is 18.6 Å². The predicted octanol–water partition coefficient (Wildman–Crippen LogP) is 4.54. The van der Waals surface area contributed by atoms with Crippen molar-refractivity contribution in [2.24, 2.45) is 10.7 Å². The van der Waals surface area contributed by atoms with Crippen molar-refractivity contribution in [3.05, 3.63) is 78.4 Å². The Balaban J connectivity index is 0.00000243. The maximum atomic E-state index is 6.07. The summed E-state index contributed by atoms with van der Waals surface area (Å²) in [4.78, 5) is 8.59. The van der Waals surface area contributed by atoms with Gasteiger partial charge in [0.25, 0.3) is 0 Å². The molecular weight excluding hydrogens is 437 g/mol. The van der Waals surface area contributed by atoms with Gasteiger partial charge in [-0.15, -0.1) is 24.0 Å². The number of rotatable bonds is 5. The number of halogens is 1. The van der Waals surface area contributed by atoms with E-state index in [1.165, 1.54) is 5.56 Å². The number of guanidine groups is 1. The van der Waals surface area contributed by atoms with Crippen molar-refractivity contribution >= 4 is 35.6 Å². The molecule has 0 atom stereocenters. The van der Waals surface area contributed by atoms with Crippen LogP contribution in [0.4, 0.5) is 5.69 Å². The van der Waals surface area contributed by atoms with Crippen molar-refractivity contribution in [1.82, 2.24) is 9.55 Å². The van der Waals surface area contributed by atoms with Gasteiger partial charge in [-0.05, 0) is 35.2 Å². The normalized spacial score (nSPS) is 11.3. The number of hydrogen-bond donors (Lipinski definition) is 2. The molecule has 0 aliphatic heterocycles. The summed E-state index contributed by atoms with van der Waals surface area (Å²) in [6.07, 6.45) is 5.46. The van der Waals surface area contributed by atoms with Crippen LogP contribution in [-0.2, 0) is 6.54 Å². The predicted molar refractivity (Wildman–Crippen MR) is 118 cm³/mol. The third-order valence-corrected chi connectivity index (χ3v) is 4.02. The molecule has 1 heterocycles. The molecule has 6 heteroatoms. The van der Waals surface area contributed by atoms with Gasteiger partial charge in [0, 0.05) is 18.1 Å². The molecule has 5 nitrogen and oxygen atoms in total. The summed E-state index contributed by atoms with van der Waals surface area (Å²) in [6.45, 7) is 4.84. The van der Waals surface area contributed by atoms with Gasteiger partial charge >= 0.3 is 0 Å². The number of anilines is 1. The van der Waals surface area contributed by atoms with Gasteiger partial charge in [-0.2, -0.15) is 0 Å². The van der Waals surface area contributed by atoms with Crippen LogP contribution in [0.1, 0.15) is 30.9 Å². The molecule has 0 fully saturated rings. The van der Waals surface area contributed by atoms with Crippen molar-refractivity contribution in [3.63, 3.8) is 0 Å². The number of hydrogen-bond acceptors (Lipinski definition) is 2. The van der Waals surface area contributed by atoms with E-state index in [9.17, 15) is 0 Å². The van der Waals surface area contributed by atoms with E-state index in [2.05, 4.69) is 41.3 Å². The molecule has 0 unspecified atom stereocenters. The van der Waals surface area contributed by atoms with E-state index in [1.807, 2.05) is 47.2 Å². The molecule has 0 aliphatic carbocycles. The van der Waals surface area contributed by atoms with E-state index >= 15 is 0 Å². The summed E-state index contributed by atoms with van der Waals surface area (Å²) in [5, 5.41) is 3.17. The lowest BCUT2D eigenvalue weighted by Crippen LogP contribution is -2.22. The minimum Gasteiger partial charge on any atom is -0.370 e. The van der Waals surface area contributed by atoms with Crippen LogP contribution in [0.25, 0.3) is 5.69 Å². The first kappa shape index (κ1) is 20.0. The molecular formula is C20H24IN5. The van der Waals surface area contributed by atoms with Crippen molar-refractivity contribution in [1.29, 1.82) is 0 Å². The van der Waals surface area contributed by atoms with Crippen LogP contribution >= 0.6 is 24.0 Å². The fourth-order valence-electron chi connectivity index (χ4n) is 2.63. The third-order valence-electron chi connectivity index (χ3n) is 4.02. The first-order valence-electron chi connectivity index (χ1n) is 8.36. The van der Waals surface area contributed by atoms with Gasteiger partial charge < -0.3 is 15.6 Å². The number of nitrogens with zero attached hydrogens (tertiary/aromatic N) is 3. The average molecular weight is 461 g/mol. The molecule has 0 saturated heterocycles. The molecule has 0 saturated carbocycles. The van der Waals surface area contributed by atoms with Crippen LogP contribution < -0.4 is 11.1 Å². The molecule has 0 amide bonds. The Morgan fingerprint density at radius 2 is 2.00 bits per heavy atom. The first-order chi connectivity index (χ1) is 12.1. The minimum absolute atomic E-state index is 0. The second kappa shape index (κ2) is 9.38. The van der Waals surface area contributed by atoms with Crippen LogP contribution in [-0.4, -0.2) is 15.5 Å². The van der Waals surface area contributed by atoms with Gasteiger partial charge in [0.15, 0.2) is 5.96 Å². The van der Waals surface area contributed by atoms with E-state index in [0.29, 0.717) is 18.4 Å². The summed E-state index contributed by atoms with van der Waals surface area (Å²) in [5.41, 5.74) is 10.4. The third kappa shape index (κ3) is 5.08. The minimum atomic E-state index is 0. The quantitative estimate of drug-likeness (QED) is 0.333. The van der Waals surface area contributed by atoms with Crippen LogP contribution in [0, 0.1) is 0 Å². The number of nitrogens with two attached hydrogens (primary N) is 1. The second-order valence-electron chi connectivity index (χ2n) is 6.21. The fraction of sp³-hybridized carbons (Fsp3) is 0.200. The summed E-state index contributed by atoms with van der Waals surface area (Å²) in [6, 6.07) is 16.3. The molecule has 3 N–H and O–H groups in total. The Kier molecular flexibility index (Phi) is 7.20. The second-order valence-corrected chi connectivity index (χ2v) is 6.21. The zero-order valence-electron chi connectivity index (χ0n) is 15.0. The first-order valence-corrected chi connectivity index (χ1v) is 8.36. The average Bonchev–Trinajstić information content (AvgIpc) is 3.15. The smallest absolute Gasteiger partial charge is 0.193 e. The van der Waals surface area contributed by atoms with E-state index in [-0.39, 0.29) is 24.0 Å². The fourth-order valence-corrected chi connectivity index (χ4v) is 2.63. The molecule has 2 aromatic carbocycles. The van der Waals surface area contributed by atoms with Gasteiger partial charge in [-0.1, -0.05) is 44.2 Å². The Morgan fingerprint density at radius 3 is 2.73 bits per heavy atom. The highest BCUT2D eigenvalue weighted by Crippen LogP contribution is 2.19. The number of nitrogens with one attached hydrogen (secondary N) is 1. The van der Waals surface area contributed by atoms with Crippen molar-refractivity contribution in [3.8, 4) is 5.69 Å². The number of aromatic nitrogens is 2. The standard InChI is InChI=1S/C20H23N5.HI/c1-15(2)16-7-5-8-18(12-16)24-20(21)23-13-17-6-3-4-9-19(17)25-11-10-22-14-25;/h3-12,14-15H,13H2,1-2H3,(H3,21,23,24);1H. The summed E-state index contributed by atoms with van der Waals surface area (Å²) in [5.74, 6) is 0.878. The molecule has 0 aliphatic rings. The maximum Gasteiger partial charge on any atom is 0.193 e. The molecule has 1 aromatic heterocycles. The number of para-hydroxylation sites is 1. The number of imidazole rings is 1. The highest BCUT2D eigenvalue weighted by molar-refractivity contribution is 14.0. The van der Waals surface area contributed by atoms with Gasteiger partial charge in [-0.3, -0.25) is 0 Å². The highest BCUT2D eigenvalue weighted by atomic mass is 127. The Labute approximate surface area is 171 Å². The van der Waals surface area contributed by atoms with E-state index in [4.69, 9.17) is 5.73 Å². The van der Waals surface area contributed by atoms with Crippen molar-refractivity contribution in [2.75, 3.05) is 5.32 Å². The largest absolute Gasteiger partial charge is 0.370 e. The van der Waals surface area contributed by atoms with Gasteiger partial charge in [-0.25, -0.2) is 9.98 Å². The molecule has 136 valence electrons. The monoisotopic (exact) mass is 461 g/mol. The van der Waals surface area contributed by atoms with Crippen LogP contribution in [0.2, 0.25) is 0 Å². The van der Waals surface area contributed by atoms with Crippen LogP contribution in [0.3, 0.4) is 0 Å². The zero-order valence-corrected chi connectivity index (χ0v) is 17.3. The molecule has 26 heavy (non-hydrogen) atoms. The van der Waals surface area contributed by atoms with E-state index in [0.717, 1.165) is 16.9 Å². The van der Waals surface area contributed by atoms with Crippen LogP contribution in [0.15, 0.2) is 72.2 Å². The molecule has 3 rings (SSSR count). The summed E-state index contributed by atoms with van der Waals surface area (Å²) < 4.78 is 1.97. The lowest BCUT2D eigenvalue weighted by Gasteiger charge is -2.11. The summed E-state index contributed by atoms with van der Waals surface area (Å²) >= 11 is 0. The summed E-state index contributed by atoms with van der Waals surface area (Å²) in [7, 11) is 0. The Hall–Kier alpha value is -2.35. The van der Waals surface area contributed by atoms with E-state index in [1.54, 1.807) is 12.5 Å². The van der Waals surface area contributed by atoms with E-state index < -0.39 is 0 Å². The highest BCUT2D eigenvalue weighted by Gasteiger charge is 2.04. The van der Waals surface area contributed by atoms with Crippen molar-refractivity contribution < 1.29 is 0 Å². The molecule has 0 radical (unpaired) electrons. The molecule has 3 aromatic rings. The lowest BCUT2D eigenvalue weighted by atomic mass is 10.0. The van der Waals surface area contributed by atoms with Crippen molar-refractivity contribution in [2.45, 2.75) is 26.3 Å². The Bertz CT molecular complexity index is 856. The molecule has 0 spiro atoms. The topological polar surface area (TPSA) is 68.2 Å². The van der Waals surface area contributed by atoms with Gasteiger partial charge in [0.1, 0.15) is 0 Å².